The molecular formula is C16H19NO2S. The van der Waals surface area contributed by atoms with Crippen LogP contribution >= 0.6 is 0 Å². The van der Waals surface area contributed by atoms with Crippen molar-refractivity contribution in [3.05, 3.63) is 60.2 Å². The SMILES string of the molecule is COc1ccc(S(=O)C(C)C(N)c2ccccc2)cc1. The summed E-state index contributed by atoms with van der Waals surface area (Å²) in [5, 5.41) is -0.161. The van der Waals surface area contributed by atoms with Gasteiger partial charge in [-0.2, -0.15) is 0 Å². The first-order chi connectivity index (χ1) is 9.63. The Hall–Kier alpha value is -1.65. The lowest BCUT2D eigenvalue weighted by atomic mass is 10.1. The Balaban J connectivity index is 2.15. The molecule has 0 aliphatic rings. The number of hydrogen-bond acceptors (Lipinski definition) is 3. The van der Waals surface area contributed by atoms with Gasteiger partial charge in [-0.1, -0.05) is 30.3 Å². The van der Waals surface area contributed by atoms with Crippen molar-refractivity contribution in [1.29, 1.82) is 0 Å². The highest BCUT2D eigenvalue weighted by Crippen LogP contribution is 2.23. The Labute approximate surface area is 122 Å². The van der Waals surface area contributed by atoms with Crippen molar-refractivity contribution in [2.45, 2.75) is 23.1 Å². The highest BCUT2D eigenvalue weighted by atomic mass is 32.2. The highest BCUT2D eigenvalue weighted by molar-refractivity contribution is 7.85. The van der Waals surface area contributed by atoms with Crippen LogP contribution in [-0.4, -0.2) is 16.6 Å². The second-order valence-electron chi connectivity index (χ2n) is 4.61. The summed E-state index contributed by atoms with van der Waals surface area (Å²) in [6.45, 7) is 1.91. The largest absolute Gasteiger partial charge is 0.497 e. The van der Waals surface area contributed by atoms with Gasteiger partial charge in [0.25, 0.3) is 0 Å². The maximum absolute atomic E-state index is 12.5. The third-order valence-electron chi connectivity index (χ3n) is 3.32. The van der Waals surface area contributed by atoms with E-state index in [9.17, 15) is 4.21 Å². The molecule has 0 saturated heterocycles. The predicted octanol–water partition coefficient (Wildman–Crippen LogP) is 2.89. The molecule has 0 saturated carbocycles. The molecule has 0 aromatic heterocycles. The molecule has 3 nitrogen and oxygen atoms in total. The molecule has 0 aliphatic carbocycles. The van der Waals surface area contributed by atoms with Crippen molar-refractivity contribution in [2.24, 2.45) is 5.73 Å². The maximum Gasteiger partial charge on any atom is 0.118 e. The van der Waals surface area contributed by atoms with E-state index in [1.807, 2.05) is 61.5 Å². The number of ether oxygens (including phenoxy) is 1. The molecule has 2 N–H and O–H groups in total. The molecule has 4 heteroatoms. The topological polar surface area (TPSA) is 52.3 Å². The van der Waals surface area contributed by atoms with Crippen LogP contribution in [0.4, 0.5) is 0 Å². The van der Waals surface area contributed by atoms with Crippen LogP contribution in [0.25, 0.3) is 0 Å². The van der Waals surface area contributed by atoms with Crippen LogP contribution in [0, 0.1) is 0 Å². The summed E-state index contributed by atoms with van der Waals surface area (Å²) in [4.78, 5) is 0.768. The van der Waals surface area contributed by atoms with Crippen LogP contribution in [0.5, 0.6) is 5.75 Å². The Morgan fingerprint density at radius 2 is 1.65 bits per heavy atom. The summed E-state index contributed by atoms with van der Waals surface area (Å²) < 4.78 is 17.7. The zero-order valence-electron chi connectivity index (χ0n) is 11.7. The molecular weight excluding hydrogens is 270 g/mol. The molecule has 3 unspecified atom stereocenters. The van der Waals surface area contributed by atoms with Gasteiger partial charge in [0, 0.05) is 10.9 Å². The first-order valence-electron chi connectivity index (χ1n) is 6.48. The summed E-state index contributed by atoms with van der Waals surface area (Å²) >= 11 is 0. The fourth-order valence-electron chi connectivity index (χ4n) is 2.00. The number of methoxy groups -OCH3 is 1. The van der Waals surface area contributed by atoms with Crippen molar-refractivity contribution >= 4 is 10.8 Å². The molecule has 0 amide bonds. The minimum Gasteiger partial charge on any atom is -0.497 e. The second kappa shape index (κ2) is 6.68. The van der Waals surface area contributed by atoms with E-state index in [4.69, 9.17) is 10.5 Å². The Morgan fingerprint density at radius 1 is 1.05 bits per heavy atom. The molecule has 0 aliphatic heterocycles. The van der Waals surface area contributed by atoms with E-state index in [0.29, 0.717) is 0 Å². The van der Waals surface area contributed by atoms with Gasteiger partial charge in [0.2, 0.25) is 0 Å². The number of rotatable bonds is 5. The van der Waals surface area contributed by atoms with Crippen LogP contribution in [0.2, 0.25) is 0 Å². The minimum absolute atomic E-state index is 0.161. The highest BCUT2D eigenvalue weighted by Gasteiger charge is 2.22. The molecule has 0 spiro atoms. The van der Waals surface area contributed by atoms with Gasteiger partial charge < -0.3 is 10.5 Å². The van der Waals surface area contributed by atoms with Gasteiger partial charge in [0.05, 0.1) is 23.2 Å². The van der Waals surface area contributed by atoms with Gasteiger partial charge in [-0.3, -0.25) is 4.21 Å². The molecule has 3 atom stereocenters. The van der Waals surface area contributed by atoms with E-state index in [1.165, 1.54) is 0 Å². The zero-order valence-corrected chi connectivity index (χ0v) is 12.5. The summed E-state index contributed by atoms with van der Waals surface area (Å²) in [6.07, 6.45) is 0. The molecule has 20 heavy (non-hydrogen) atoms. The van der Waals surface area contributed by atoms with Crippen molar-refractivity contribution in [3.8, 4) is 5.75 Å². The predicted molar refractivity (Wildman–Crippen MR) is 82.2 cm³/mol. The van der Waals surface area contributed by atoms with E-state index < -0.39 is 10.8 Å². The van der Waals surface area contributed by atoms with E-state index in [2.05, 4.69) is 0 Å². The quantitative estimate of drug-likeness (QED) is 0.921. The van der Waals surface area contributed by atoms with Gasteiger partial charge in [-0.15, -0.1) is 0 Å². The average molecular weight is 289 g/mol. The lowest BCUT2D eigenvalue weighted by molar-refractivity contribution is 0.414. The van der Waals surface area contributed by atoms with Crippen LogP contribution in [0.15, 0.2) is 59.5 Å². The van der Waals surface area contributed by atoms with Gasteiger partial charge in [0.1, 0.15) is 5.75 Å². The van der Waals surface area contributed by atoms with E-state index in [1.54, 1.807) is 7.11 Å². The monoisotopic (exact) mass is 289 g/mol. The fourth-order valence-corrected chi connectivity index (χ4v) is 3.26. The molecule has 0 radical (unpaired) electrons. The summed E-state index contributed by atoms with van der Waals surface area (Å²) in [7, 11) is 0.461. The van der Waals surface area contributed by atoms with E-state index in [-0.39, 0.29) is 11.3 Å². The molecule has 106 valence electrons. The Bertz CT molecular complexity index is 569. The van der Waals surface area contributed by atoms with Crippen molar-refractivity contribution in [3.63, 3.8) is 0 Å². The molecule has 0 bridgehead atoms. The third kappa shape index (κ3) is 3.26. The van der Waals surface area contributed by atoms with Crippen LogP contribution in [0.1, 0.15) is 18.5 Å². The zero-order chi connectivity index (χ0) is 14.5. The summed E-state index contributed by atoms with van der Waals surface area (Å²) in [6, 6.07) is 16.8. The first kappa shape index (κ1) is 14.8. The average Bonchev–Trinajstić information content (AvgIpc) is 2.53. The molecule has 2 aromatic rings. The standard InChI is InChI=1S/C16H19NO2S/c1-12(16(17)13-6-4-3-5-7-13)20(18)15-10-8-14(19-2)9-11-15/h3-12,16H,17H2,1-2H3. The lowest BCUT2D eigenvalue weighted by Gasteiger charge is -2.20. The molecule has 0 heterocycles. The van der Waals surface area contributed by atoms with E-state index >= 15 is 0 Å². The number of hydrogen-bond donors (Lipinski definition) is 1. The summed E-state index contributed by atoms with van der Waals surface area (Å²) in [5.74, 6) is 0.755. The van der Waals surface area contributed by atoms with Gasteiger partial charge >= 0.3 is 0 Å². The number of nitrogens with two attached hydrogens (primary N) is 1. The minimum atomic E-state index is -1.15. The summed E-state index contributed by atoms with van der Waals surface area (Å²) in [5.41, 5.74) is 7.22. The third-order valence-corrected chi connectivity index (χ3v) is 5.02. The van der Waals surface area contributed by atoms with E-state index in [0.717, 1.165) is 16.2 Å². The van der Waals surface area contributed by atoms with Crippen LogP contribution in [0.3, 0.4) is 0 Å². The Kier molecular flexibility index (Phi) is 4.93. The van der Waals surface area contributed by atoms with Crippen molar-refractivity contribution in [1.82, 2.24) is 0 Å². The van der Waals surface area contributed by atoms with Crippen molar-refractivity contribution < 1.29 is 8.95 Å². The van der Waals surface area contributed by atoms with Gasteiger partial charge in [-0.05, 0) is 36.8 Å². The first-order valence-corrected chi connectivity index (χ1v) is 7.70. The smallest absolute Gasteiger partial charge is 0.118 e. The molecule has 2 aromatic carbocycles. The van der Waals surface area contributed by atoms with Crippen LogP contribution < -0.4 is 10.5 Å². The number of benzene rings is 2. The lowest BCUT2D eigenvalue weighted by Crippen LogP contribution is -2.27. The molecule has 0 fully saturated rings. The fraction of sp³-hybridized carbons (Fsp3) is 0.250. The maximum atomic E-state index is 12.5. The van der Waals surface area contributed by atoms with Gasteiger partial charge in [0.15, 0.2) is 0 Å². The second-order valence-corrected chi connectivity index (χ2v) is 6.42. The Morgan fingerprint density at radius 3 is 2.20 bits per heavy atom. The normalized spacial score (nSPS) is 15.3. The molecule has 2 rings (SSSR count). The van der Waals surface area contributed by atoms with Crippen LogP contribution in [-0.2, 0) is 10.8 Å². The van der Waals surface area contributed by atoms with Crippen molar-refractivity contribution in [2.75, 3.05) is 7.11 Å². The van der Waals surface area contributed by atoms with Gasteiger partial charge in [-0.25, -0.2) is 0 Å².